The van der Waals surface area contributed by atoms with E-state index in [1.54, 1.807) is 66.5 Å². The zero-order valence-electron chi connectivity index (χ0n) is 16.5. The average molecular weight is 433 g/mol. The summed E-state index contributed by atoms with van der Waals surface area (Å²) in [5.74, 6) is -1.27. The highest BCUT2D eigenvalue weighted by Gasteiger charge is 2.79. The van der Waals surface area contributed by atoms with E-state index >= 15 is 0 Å². The molecule has 1 aromatic heterocycles. The number of furan rings is 1. The lowest BCUT2D eigenvalue weighted by atomic mass is 9.59. The van der Waals surface area contributed by atoms with Crippen LogP contribution in [0.2, 0.25) is 5.02 Å². The Morgan fingerprint density at radius 3 is 2.39 bits per heavy atom. The number of hydrogen-bond acceptors (Lipinski definition) is 5. The topological polar surface area (TPSA) is 79.6 Å². The van der Waals surface area contributed by atoms with Crippen molar-refractivity contribution in [2.75, 3.05) is 18.9 Å². The van der Waals surface area contributed by atoms with Crippen molar-refractivity contribution in [1.82, 2.24) is 4.90 Å². The van der Waals surface area contributed by atoms with E-state index < -0.39 is 22.8 Å². The lowest BCUT2D eigenvalue weighted by Gasteiger charge is -2.41. The van der Waals surface area contributed by atoms with Crippen LogP contribution in [0.25, 0.3) is 0 Å². The van der Waals surface area contributed by atoms with Crippen molar-refractivity contribution in [2.24, 2.45) is 5.41 Å². The van der Waals surface area contributed by atoms with Crippen molar-refractivity contribution in [3.05, 3.63) is 88.3 Å². The lowest BCUT2D eigenvalue weighted by molar-refractivity contribution is -0.128. The van der Waals surface area contributed by atoms with Gasteiger partial charge in [-0.25, -0.2) is 0 Å². The van der Waals surface area contributed by atoms with Crippen LogP contribution in [0.1, 0.15) is 38.0 Å². The predicted octanol–water partition coefficient (Wildman–Crippen LogP) is 3.88. The van der Waals surface area contributed by atoms with E-state index in [2.05, 4.69) is 5.32 Å². The minimum absolute atomic E-state index is 0.290. The van der Waals surface area contributed by atoms with Gasteiger partial charge in [0.2, 0.25) is 0 Å². The number of rotatable bonds is 1. The molecule has 1 fully saturated rings. The summed E-state index contributed by atoms with van der Waals surface area (Å²) >= 11 is 6.33. The minimum atomic E-state index is -1.71. The Kier molecular flexibility index (Phi) is 3.55. The normalized spacial score (nSPS) is 26.0. The second-order valence-electron chi connectivity index (χ2n) is 8.31. The van der Waals surface area contributed by atoms with Gasteiger partial charge in [0.15, 0.2) is 11.6 Å². The Balaban J connectivity index is 1.75. The molecule has 6 nitrogen and oxygen atoms in total. The van der Waals surface area contributed by atoms with E-state index in [1.807, 2.05) is 0 Å². The van der Waals surface area contributed by atoms with Crippen molar-refractivity contribution < 1.29 is 18.8 Å². The summed E-state index contributed by atoms with van der Waals surface area (Å²) in [6.45, 7) is 0.290. The van der Waals surface area contributed by atoms with Crippen LogP contribution in [0.15, 0.2) is 65.3 Å². The van der Waals surface area contributed by atoms with Gasteiger partial charge < -0.3 is 9.73 Å². The number of nitrogens with one attached hydrogen (secondary N) is 1. The first-order valence-corrected chi connectivity index (χ1v) is 10.4. The predicted molar refractivity (Wildman–Crippen MR) is 113 cm³/mol. The maximum Gasteiger partial charge on any atom is 0.251 e. The number of hydrogen-bond donors (Lipinski definition) is 1. The van der Waals surface area contributed by atoms with Crippen molar-refractivity contribution in [1.29, 1.82) is 0 Å². The first kappa shape index (κ1) is 18.5. The number of likely N-dealkylation sites (N-methyl/N-ethyl adjacent to an activating group) is 1. The number of Topliss-reactive ketones (excluding diaryl/α,β-unsaturated/α-hetero) is 2. The van der Waals surface area contributed by atoms with Crippen molar-refractivity contribution in [3.63, 3.8) is 0 Å². The molecule has 7 heteroatoms. The Bertz CT molecular complexity index is 1260. The van der Waals surface area contributed by atoms with Gasteiger partial charge in [0.1, 0.15) is 16.7 Å². The summed E-state index contributed by atoms with van der Waals surface area (Å²) in [7, 11) is 1.77. The Labute approximate surface area is 182 Å². The molecule has 2 atom stereocenters. The number of halogens is 1. The molecule has 0 saturated carbocycles. The second-order valence-corrected chi connectivity index (χ2v) is 8.75. The molecule has 2 aromatic carbocycles. The fourth-order valence-electron chi connectivity index (χ4n) is 5.98. The smallest absolute Gasteiger partial charge is 0.251 e. The molecule has 1 N–H and O–H groups in total. The molecule has 154 valence electrons. The van der Waals surface area contributed by atoms with E-state index in [9.17, 15) is 14.4 Å². The largest absolute Gasteiger partial charge is 0.469 e. The molecule has 3 aromatic rings. The van der Waals surface area contributed by atoms with Gasteiger partial charge in [-0.05, 0) is 37.4 Å². The summed E-state index contributed by atoms with van der Waals surface area (Å²) in [5.41, 5.74) is -1.49. The second kappa shape index (κ2) is 5.93. The van der Waals surface area contributed by atoms with Gasteiger partial charge in [-0.3, -0.25) is 19.3 Å². The third-order valence-electron chi connectivity index (χ3n) is 7.09. The highest BCUT2D eigenvalue weighted by Crippen LogP contribution is 2.66. The Hall–Kier alpha value is -3.22. The van der Waals surface area contributed by atoms with Crippen LogP contribution >= 0.6 is 11.6 Å². The van der Waals surface area contributed by atoms with Gasteiger partial charge in [-0.15, -0.1) is 0 Å². The van der Waals surface area contributed by atoms with Crippen LogP contribution in [0.4, 0.5) is 5.69 Å². The summed E-state index contributed by atoms with van der Waals surface area (Å²) < 4.78 is 5.71. The molecule has 0 bridgehead atoms. The van der Waals surface area contributed by atoms with Gasteiger partial charge in [0.05, 0.1) is 12.2 Å². The minimum Gasteiger partial charge on any atom is -0.469 e. The van der Waals surface area contributed by atoms with Crippen LogP contribution in [0.5, 0.6) is 0 Å². The van der Waals surface area contributed by atoms with Gasteiger partial charge in [-0.2, -0.15) is 0 Å². The number of fused-ring (bicyclic) bond motifs is 4. The fourth-order valence-corrected chi connectivity index (χ4v) is 6.15. The number of ketones is 2. The molecule has 1 saturated heterocycles. The Morgan fingerprint density at radius 1 is 1.03 bits per heavy atom. The zero-order chi connectivity index (χ0) is 21.5. The molecule has 0 unspecified atom stereocenters. The molecular formula is C24H17ClN2O4. The quantitative estimate of drug-likeness (QED) is 0.590. The average Bonchev–Trinajstić information content (AvgIpc) is 3.49. The lowest BCUT2D eigenvalue weighted by Crippen LogP contribution is -2.60. The standard InChI is InChI=1S/C24H17ClN2O4/c1-27-12-17(19-7-4-10-31-19)23(20(28)14-5-2-3-6-15(14)21(23)29)24(27)16-11-13(25)8-9-18(16)26-22(24)30/h2-11,17H,12H2,1H3,(H,26,30)/t17-,24-/m1/s1. The molecule has 3 heterocycles. The first-order chi connectivity index (χ1) is 14.9. The van der Waals surface area contributed by atoms with E-state index in [4.69, 9.17) is 16.0 Å². The SMILES string of the molecule is CN1C[C@H](c2ccco2)C2(C(=O)c3ccccc3C2=O)[C@@]12C(=O)Nc1ccc(Cl)cc12. The van der Waals surface area contributed by atoms with Gasteiger partial charge in [-0.1, -0.05) is 35.9 Å². The molecule has 1 amide bonds. The van der Waals surface area contributed by atoms with Crippen LogP contribution < -0.4 is 5.32 Å². The van der Waals surface area contributed by atoms with Crippen LogP contribution in [-0.4, -0.2) is 36.0 Å². The number of nitrogens with zero attached hydrogens (tertiary/aromatic N) is 1. The third kappa shape index (κ3) is 1.91. The fraction of sp³-hybridized carbons (Fsp3) is 0.208. The van der Waals surface area contributed by atoms with Crippen molar-refractivity contribution >= 4 is 34.8 Å². The molecule has 6 rings (SSSR count). The van der Waals surface area contributed by atoms with Crippen LogP contribution in [-0.2, 0) is 10.3 Å². The van der Waals surface area contributed by atoms with Crippen LogP contribution in [0.3, 0.4) is 0 Å². The molecule has 3 aliphatic rings. The first-order valence-electron chi connectivity index (χ1n) is 9.98. The van der Waals surface area contributed by atoms with Crippen molar-refractivity contribution in [3.8, 4) is 0 Å². The summed E-state index contributed by atoms with van der Waals surface area (Å²) in [5, 5.41) is 3.32. The van der Waals surface area contributed by atoms with Gasteiger partial charge >= 0.3 is 0 Å². The summed E-state index contributed by atoms with van der Waals surface area (Å²) in [6, 6.07) is 15.3. The zero-order valence-corrected chi connectivity index (χ0v) is 17.3. The van der Waals surface area contributed by atoms with Gasteiger partial charge in [0, 0.05) is 33.9 Å². The number of amides is 1. The molecule has 31 heavy (non-hydrogen) atoms. The summed E-state index contributed by atoms with van der Waals surface area (Å²) in [6.07, 6.45) is 1.52. The van der Waals surface area contributed by atoms with Crippen molar-refractivity contribution in [2.45, 2.75) is 11.5 Å². The number of carbonyl (C=O) groups is 3. The highest BCUT2D eigenvalue weighted by atomic mass is 35.5. The summed E-state index contributed by atoms with van der Waals surface area (Å²) in [4.78, 5) is 43.9. The maximum absolute atomic E-state index is 14.2. The van der Waals surface area contributed by atoms with E-state index in [-0.39, 0.29) is 11.6 Å². The molecule has 1 aliphatic carbocycles. The molecule has 2 aliphatic heterocycles. The number of benzene rings is 2. The monoisotopic (exact) mass is 432 g/mol. The van der Waals surface area contributed by atoms with E-state index in [0.717, 1.165) is 0 Å². The highest BCUT2D eigenvalue weighted by molar-refractivity contribution is 6.35. The third-order valence-corrected chi connectivity index (χ3v) is 7.32. The van der Waals surface area contributed by atoms with E-state index in [1.165, 1.54) is 6.26 Å². The molecule has 2 spiro atoms. The number of carbonyl (C=O) groups excluding carboxylic acids is 3. The molecule has 0 radical (unpaired) electrons. The van der Waals surface area contributed by atoms with E-state index in [0.29, 0.717) is 39.7 Å². The Morgan fingerprint density at radius 2 is 1.74 bits per heavy atom. The maximum atomic E-state index is 14.2. The number of anilines is 1. The van der Waals surface area contributed by atoms with Gasteiger partial charge in [0.25, 0.3) is 5.91 Å². The van der Waals surface area contributed by atoms with Crippen LogP contribution in [0, 0.1) is 5.41 Å². The molecular weight excluding hydrogens is 416 g/mol. The number of likely N-dealkylation sites (tertiary alicyclic amines) is 1.